The molecule has 1 aliphatic rings. The van der Waals surface area contributed by atoms with E-state index in [4.69, 9.17) is 14.2 Å². The van der Waals surface area contributed by atoms with Crippen molar-refractivity contribution in [1.29, 1.82) is 0 Å². The highest BCUT2D eigenvalue weighted by Gasteiger charge is 2.27. The third-order valence-electron chi connectivity index (χ3n) is 4.29. The standard InChI is InChI=1S/C19H28O4/c1-19(2,3)17-11-14(12-20)15-7-5-6-8-16(15)18(17)23-13-22-10-9-21-4/h11-12H,5-10,13H2,1-4H3. The molecule has 0 heterocycles. The molecule has 0 N–H and O–H groups in total. The van der Waals surface area contributed by atoms with Crippen LogP contribution in [0, 0.1) is 0 Å². The van der Waals surface area contributed by atoms with Gasteiger partial charge in [-0.15, -0.1) is 0 Å². The largest absolute Gasteiger partial charge is 0.467 e. The molecule has 0 saturated carbocycles. The summed E-state index contributed by atoms with van der Waals surface area (Å²) in [6.07, 6.45) is 5.17. The number of aldehydes is 1. The second kappa shape index (κ2) is 7.93. The van der Waals surface area contributed by atoms with Gasteiger partial charge in [0.2, 0.25) is 0 Å². The van der Waals surface area contributed by atoms with Crippen LogP contribution in [0.5, 0.6) is 5.75 Å². The predicted octanol–water partition coefficient (Wildman–Crippen LogP) is 3.67. The molecule has 0 spiro atoms. The molecule has 0 aliphatic heterocycles. The van der Waals surface area contributed by atoms with E-state index in [9.17, 15) is 4.79 Å². The van der Waals surface area contributed by atoms with Gasteiger partial charge in [0.05, 0.1) is 13.2 Å². The topological polar surface area (TPSA) is 44.8 Å². The normalized spacial score (nSPS) is 14.4. The number of carbonyl (C=O) groups is 1. The molecule has 0 atom stereocenters. The Kier molecular flexibility index (Phi) is 6.19. The monoisotopic (exact) mass is 320 g/mol. The number of hydrogen-bond donors (Lipinski definition) is 0. The summed E-state index contributed by atoms with van der Waals surface area (Å²) in [5.74, 6) is 0.912. The van der Waals surface area contributed by atoms with Crippen LogP contribution >= 0.6 is 0 Å². The van der Waals surface area contributed by atoms with Gasteiger partial charge in [0.25, 0.3) is 0 Å². The Labute approximate surface area is 139 Å². The molecule has 23 heavy (non-hydrogen) atoms. The van der Waals surface area contributed by atoms with Crippen LogP contribution in [0.25, 0.3) is 0 Å². The molecule has 1 aromatic carbocycles. The van der Waals surface area contributed by atoms with E-state index in [1.807, 2.05) is 6.07 Å². The third-order valence-corrected chi connectivity index (χ3v) is 4.29. The van der Waals surface area contributed by atoms with E-state index in [2.05, 4.69) is 20.8 Å². The van der Waals surface area contributed by atoms with Gasteiger partial charge in [-0.1, -0.05) is 20.8 Å². The molecule has 4 heteroatoms. The number of rotatable bonds is 7. The highest BCUT2D eigenvalue weighted by molar-refractivity contribution is 5.80. The molecule has 128 valence electrons. The van der Waals surface area contributed by atoms with Crippen LogP contribution < -0.4 is 4.74 Å². The number of benzene rings is 1. The van der Waals surface area contributed by atoms with E-state index in [0.29, 0.717) is 13.2 Å². The lowest BCUT2D eigenvalue weighted by Gasteiger charge is -2.29. The van der Waals surface area contributed by atoms with Gasteiger partial charge in [-0.25, -0.2) is 0 Å². The van der Waals surface area contributed by atoms with Gasteiger partial charge in [-0.05, 0) is 48.3 Å². The van der Waals surface area contributed by atoms with Crippen molar-refractivity contribution in [3.63, 3.8) is 0 Å². The lowest BCUT2D eigenvalue weighted by atomic mass is 9.79. The molecule has 0 bridgehead atoms. The molecule has 0 amide bonds. The first-order valence-corrected chi connectivity index (χ1v) is 8.33. The fourth-order valence-corrected chi connectivity index (χ4v) is 3.07. The Morgan fingerprint density at radius 2 is 1.83 bits per heavy atom. The first-order valence-electron chi connectivity index (χ1n) is 8.33. The summed E-state index contributed by atoms with van der Waals surface area (Å²) >= 11 is 0. The first kappa shape index (κ1) is 18.0. The fourth-order valence-electron chi connectivity index (χ4n) is 3.07. The average molecular weight is 320 g/mol. The summed E-state index contributed by atoms with van der Waals surface area (Å²) in [7, 11) is 1.65. The van der Waals surface area contributed by atoms with Crippen molar-refractivity contribution < 1.29 is 19.0 Å². The Balaban J connectivity index is 2.34. The minimum Gasteiger partial charge on any atom is -0.467 e. The van der Waals surface area contributed by atoms with Crippen molar-refractivity contribution in [2.45, 2.75) is 51.9 Å². The summed E-state index contributed by atoms with van der Waals surface area (Å²) in [6, 6.07) is 2.00. The Morgan fingerprint density at radius 1 is 1.13 bits per heavy atom. The van der Waals surface area contributed by atoms with E-state index in [-0.39, 0.29) is 12.2 Å². The van der Waals surface area contributed by atoms with E-state index in [1.54, 1.807) is 7.11 Å². The molecule has 0 saturated heterocycles. The van der Waals surface area contributed by atoms with Gasteiger partial charge in [-0.3, -0.25) is 4.79 Å². The number of ether oxygens (including phenoxy) is 3. The molecule has 1 aliphatic carbocycles. The molecular formula is C19H28O4. The first-order chi connectivity index (χ1) is 11.0. The predicted molar refractivity (Wildman–Crippen MR) is 90.5 cm³/mol. The summed E-state index contributed by atoms with van der Waals surface area (Å²) in [5, 5.41) is 0. The highest BCUT2D eigenvalue weighted by Crippen LogP contribution is 2.40. The van der Waals surface area contributed by atoms with E-state index in [1.165, 1.54) is 5.56 Å². The zero-order valence-electron chi connectivity index (χ0n) is 14.7. The zero-order chi connectivity index (χ0) is 16.9. The van der Waals surface area contributed by atoms with Crippen molar-refractivity contribution >= 4 is 6.29 Å². The Hall–Kier alpha value is -1.39. The van der Waals surface area contributed by atoms with Gasteiger partial charge in [0, 0.05) is 18.2 Å². The molecule has 0 aromatic heterocycles. The van der Waals surface area contributed by atoms with Gasteiger partial charge in [0.15, 0.2) is 6.79 Å². The summed E-state index contributed by atoms with van der Waals surface area (Å²) in [6.45, 7) is 7.70. The van der Waals surface area contributed by atoms with Gasteiger partial charge in [-0.2, -0.15) is 0 Å². The summed E-state index contributed by atoms with van der Waals surface area (Å²) in [4.78, 5) is 11.5. The highest BCUT2D eigenvalue weighted by atomic mass is 16.7. The van der Waals surface area contributed by atoms with Gasteiger partial charge in [0.1, 0.15) is 12.0 Å². The quantitative estimate of drug-likeness (QED) is 0.437. The maximum atomic E-state index is 11.5. The lowest BCUT2D eigenvalue weighted by Crippen LogP contribution is -2.20. The van der Waals surface area contributed by atoms with Crippen molar-refractivity contribution in [3.8, 4) is 5.75 Å². The van der Waals surface area contributed by atoms with Crippen molar-refractivity contribution in [2.24, 2.45) is 0 Å². The SMILES string of the molecule is COCCOCOc1c(C(C)(C)C)cc(C=O)c2c1CCCC2. The van der Waals surface area contributed by atoms with Crippen LogP contribution in [0.2, 0.25) is 0 Å². The number of hydrogen-bond acceptors (Lipinski definition) is 4. The van der Waals surface area contributed by atoms with Crippen LogP contribution in [0.3, 0.4) is 0 Å². The van der Waals surface area contributed by atoms with Crippen molar-refractivity contribution in [1.82, 2.24) is 0 Å². The van der Waals surface area contributed by atoms with Crippen molar-refractivity contribution in [2.75, 3.05) is 27.1 Å². The lowest BCUT2D eigenvalue weighted by molar-refractivity contribution is -0.00968. The molecule has 0 unspecified atom stereocenters. The minimum absolute atomic E-state index is 0.0912. The Bertz CT molecular complexity index is 543. The average Bonchev–Trinajstić information content (AvgIpc) is 2.53. The minimum atomic E-state index is -0.0912. The van der Waals surface area contributed by atoms with Crippen LogP contribution in [0.15, 0.2) is 6.07 Å². The smallest absolute Gasteiger partial charge is 0.189 e. The van der Waals surface area contributed by atoms with Crippen molar-refractivity contribution in [3.05, 3.63) is 28.3 Å². The molecule has 1 aromatic rings. The number of carbonyl (C=O) groups excluding carboxylic acids is 1. The van der Waals surface area contributed by atoms with E-state index < -0.39 is 0 Å². The van der Waals surface area contributed by atoms with E-state index in [0.717, 1.165) is 54.4 Å². The van der Waals surface area contributed by atoms with Crippen LogP contribution in [0.4, 0.5) is 0 Å². The van der Waals surface area contributed by atoms with Crippen LogP contribution in [0.1, 0.15) is 60.7 Å². The zero-order valence-corrected chi connectivity index (χ0v) is 14.7. The molecular weight excluding hydrogens is 292 g/mol. The van der Waals surface area contributed by atoms with Gasteiger partial charge < -0.3 is 14.2 Å². The molecule has 4 nitrogen and oxygen atoms in total. The second-order valence-corrected chi connectivity index (χ2v) is 7.04. The molecule has 0 radical (unpaired) electrons. The van der Waals surface area contributed by atoms with Crippen LogP contribution in [-0.2, 0) is 27.7 Å². The summed E-state index contributed by atoms with van der Waals surface area (Å²) < 4.78 is 16.5. The van der Waals surface area contributed by atoms with Gasteiger partial charge >= 0.3 is 0 Å². The maximum Gasteiger partial charge on any atom is 0.189 e. The molecule has 0 fully saturated rings. The summed E-state index contributed by atoms with van der Waals surface area (Å²) in [5.41, 5.74) is 4.16. The van der Waals surface area contributed by atoms with Crippen LogP contribution in [-0.4, -0.2) is 33.4 Å². The Morgan fingerprint density at radius 3 is 2.43 bits per heavy atom. The molecule has 2 rings (SSSR count). The maximum absolute atomic E-state index is 11.5. The third kappa shape index (κ3) is 4.33. The van der Waals surface area contributed by atoms with E-state index >= 15 is 0 Å². The number of methoxy groups -OCH3 is 1. The number of fused-ring (bicyclic) bond motifs is 1. The fraction of sp³-hybridized carbons (Fsp3) is 0.632. The second-order valence-electron chi connectivity index (χ2n) is 7.04.